The third kappa shape index (κ3) is 5.13. The van der Waals surface area contributed by atoms with E-state index in [-0.39, 0.29) is 23.8 Å². The zero-order valence-corrected chi connectivity index (χ0v) is 22.0. The lowest BCUT2D eigenvalue weighted by molar-refractivity contribution is -0.183. The fourth-order valence-electron chi connectivity index (χ4n) is 5.59. The molecular formula is C28H30F3N5O4. The average molecular weight is 558 g/mol. The molecule has 2 fully saturated rings. The monoisotopic (exact) mass is 557 g/mol. The molecular weight excluding hydrogens is 527 g/mol. The van der Waals surface area contributed by atoms with Crippen molar-refractivity contribution in [1.29, 1.82) is 0 Å². The van der Waals surface area contributed by atoms with Gasteiger partial charge in [0.1, 0.15) is 11.4 Å². The van der Waals surface area contributed by atoms with Gasteiger partial charge >= 0.3 is 6.18 Å². The zero-order chi connectivity index (χ0) is 27.9. The zero-order valence-electron chi connectivity index (χ0n) is 22.0. The fraction of sp³-hybridized carbons (Fsp3) is 0.464. The van der Waals surface area contributed by atoms with E-state index >= 15 is 0 Å². The second-order valence-electron chi connectivity index (χ2n) is 10.2. The highest BCUT2D eigenvalue weighted by molar-refractivity contribution is 5.72. The SMILES string of the molecule is COc1cncc(-c2nn(-c3cc(N4CC[C@H](OC5CCCCO5)C4)ccc3C(F)(F)F)c(=O)c3c2CCN3)c1. The smallest absolute Gasteiger partial charge is 0.418 e. The van der Waals surface area contributed by atoms with Gasteiger partial charge in [0.2, 0.25) is 0 Å². The summed E-state index contributed by atoms with van der Waals surface area (Å²) in [6.45, 7) is 2.28. The minimum absolute atomic E-state index is 0.0916. The molecule has 2 atom stereocenters. The summed E-state index contributed by atoms with van der Waals surface area (Å²) in [6, 6.07) is 5.55. The number of pyridine rings is 1. The second-order valence-corrected chi connectivity index (χ2v) is 10.2. The van der Waals surface area contributed by atoms with Crippen LogP contribution in [0.25, 0.3) is 16.9 Å². The van der Waals surface area contributed by atoms with Crippen LogP contribution >= 0.6 is 0 Å². The van der Waals surface area contributed by atoms with Crippen molar-refractivity contribution in [2.75, 3.05) is 43.6 Å². The van der Waals surface area contributed by atoms with Crippen LogP contribution in [0.15, 0.2) is 41.5 Å². The Balaban J connectivity index is 1.40. The maximum Gasteiger partial charge on any atom is 0.418 e. The first kappa shape index (κ1) is 26.6. The highest BCUT2D eigenvalue weighted by Crippen LogP contribution is 2.38. The highest BCUT2D eigenvalue weighted by Gasteiger charge is 2.37. The number of anilines is 2. The first-order valence-electron chi connectivity index (χ1n) is 13.4. The summed E-state index contributed by atoms with van der Waals surface area (Å²) in [5.41, 5.74) is 0.467. The summed E-state index contributed by atoms with van der Waals surface area (Å²) in [5, 5.41) is 7.55. The second kappa shape index (κ2) is 10.7. The van der Waals surface area contributed by atoms with Crippen LogP contribution in [0.3, 0.4) is 0 Å². The average Bonchev–Trinajstić information content (AvgIpc) is 3.64. The van der Waals surface area contributed by atoms with Crippen LogP contribution in [-0.2, 0) is 22.1 Å². The lowest BCUT2D eigenvalue weighted by atomic mass is 10.1. The van der Waals surface area contributed by atoms with Gasteiger partial charge in [-0.1, -0.05) is 0 Å². The summed E-state index contributed by atoms with van der Waals surface area (Å²) in [5.74, 6) is 0.471. The molecule has 0 saturated carbocycles. The molecule has 6 rings (SSSR count). The molecule has 12 heteroatoms. The van der Waals surface area contributed by atoms with Gasteiger partial charge in [-0.05, 0) is 56.4 Å². The van der Waals surface area contributed by atoms with Gasteiger partial charge in [-0.15, -0.1) is 0 Å². The molecule has 1 N–H and O–H groups in total. The highest BCUT2D eigenvalue weighted by atomic mass is 19.4. The van der Waals surface area contributed by atoms with Crippen LogP contribution in [0.2, 0.25) is 0 Å². The maximum absolute atomic E-state index is 14.3. The maximum atomic E-state index is 14.3. The first-order valence-corrected chi connectivity index (χ1v) is 13.4. The van der Waals surface area contributed by atoms with Gasteiger partial charge in [-0.25, -0.2) is 0 Å². The Hall–Kier alpha value is -3.64. The molecule has 0 radical (unpaired) electrons. The van der Waals surface area contributed by atoms with Crippen molar-refractivity contribution in [1.82, 2.24) is 14.8 Å². The van der Waals surface area contributed by atoms with Crippen LogP contribution in [-0.4, -0.2) is 60.5 Å². The van der Waals surface area contributed by atoms with E-state index in [1.807, 2.05) is 4.90 Å². The van der Waals surface area contributed by atoms with E-state index < -0.39 is 17.3 Å². The largest absolute Gasteiger partial charge is 0.495 e. The summed E-state index contributed by atoms with van der Waals surface area (Å²) < 4.78 is 60.7. The number of alkyl halides is 3. The first-order chi connectivity index (χ1) is 19.3. The number of nitrogens with one attached hydrogen (secondary N) is 1. The van der Waals surface area contributed by atoms with Crippen LogP contribution in [0.4, 0.5) is 24.5 Å². The van der Waals surface area contributed by atoms with Gasteiger partial charge in [0.15, 0.2) is 6.29 Å². The van der Waals surface area contributed by atoms with Crippen molar-refractivity contribution in [3.63, 3.8) is 0 Å². The molecule has 40 heavy (non-hydrogen) atoms. The Morgan fingerprint density at radius 1 is 1.15 bits per heavy atom. The van der Waals surface area contributed by atoms with E-state index in [0.29, 0.717) is 60.9 Å². The predicted molar refractivity (Wildman–Crippen MR) is 142 cm³/mol. The lowest BCUT2D eigenvalue weighted by Gasteiger charge is -2.26. The van der Waals surface area contributed by atoms with Crippen molar-refractivity contribution < 1.29 is 27.4 Å². The van der Waals surface area contributed by atoms with Gasteiger partial charge in [0.25, 0.3) is 5.56 Å². The van der Waals surface area contributed by atoms with Crippen LogP contribution in [0.1, 0.15) is 36.8 Å². The quantitative estimate of drug-likeness (QED) is 0.477. The van der Waals surface area contributed by atoms with Gasteiger partial charge in [-0.2, -0.15) is 23.0 Å². The molecule has 212 valence electrons. The van der Waals surface area contributed by atoms with Crippen molar-refractivity contribution >= 4 is 11.4 Å². The Morgan fingerprint density at radius 2 is 2.02 bits per heavy atom. The van der Waals surface area contributed by atoms with Crippen molar-refractivity contribution in [3.05, 3.63) is 58.1 Å². The third-order valence-electron chi connectivity index (χ3n) is 7.60. The molecule has 3 aliphatic heterocycles. The van der Waals surface area contributed by atoms with Gasteiger partial charge in [0.05, 0.1) is 36.4 Å². The van der Waals surface area contributed by atoms with E-state index in [1.165, 1.54) is 25.4 Å². The van der Waals surface area contributed by atoms with Gasteiger partial charge < -0.3 is 24.4 Å². The summed E-state index contributed by atoms with van der Waals surface area (Å²) in [7, 11) is 1.50. The number of halogens is 3. The molecule has 2 aromatic heterocycles. The van der Waals surface area contributed by atoms with E-state index in [2.05, 4.69) is 15.4 Å². The number of methoxy groups -OCH3 is 1. The van der Waals surface area contributed by atoms with E-state index in [1.54, 1.807) is 12.3 Å². The van der Waals surface area contributed by atoms with Gasteiger partial charge in [-0.3, -0.25) is 9.78 Å². The minimum atomic E-state index is -4.70. The third-order valence-corrected chi connectivity index (χ3v) is 7.60. The number of benzene rings is 1. The van der Waals surface area contributed by atoms with Crippen molar-refractivity contribution in [2.45, 2.75) is 50.7 Å². The molecule has 0 spiro atoms. The molecule has 9 nitrogen and oxygen atoms in total. The van der Waals surface area contributed by atoms with Crippen molar-refractivity contribution in [3.8, 4) is 22.7 Å². The lowest BCUT2D eigenvalue weighted by Crippen LogP contribution is -2.30. The molecule has 5 heterocycles. The Bertz CT molecular complexity index is 1450. The molecule has 0 aliphatic carbocycles. The number of nitrogens with zero attached hydrogens (tertiary/aromatic N) is 4. The number of rotatable bonds is 6. The standard InChI is InChI=1S/C28H30F3N5O4/c1-38-20-12-17(14-32-15-20)25-21-7-9-33-26(21)27(37)36(34-25)23-13-18(5-6-22(23)28(29,30)31)35-10-8-19(16-35)40-24-4-2-3-11-39-24/h5-6,12-15,19,24,33H,2-4,7-11,16H2,1H3/t19-,24?/m0/s1. The summed E-state index contributed by atoms with van der Waals surface area (Å²) in [6.07, 6.45) is 2.19. The van der Waals surface area contributed by atoms with Crippen LogP contribution in [0.5, 0.6) is 5.75 Å². The number of hydrogen-bond acceptors (Lipinski definition) is 8. The van der Waals surface area contributed by atoms with Gasteiger partial charge in [0, 0.05) is 49.3 Å². The molecule has 3 aromatic rings. The van der Waals surface area contributed by atoms with E-state index in [0.717, 1.165) is 36.4 Å². The Morgan fingerprint density at radius 3 is 2.80 bits per heavy atom. The fourth-order valence-corrected chi connectivity index (χ4v) is 5.59. The Labute approximate surface area is 228 Å². The normalized spacial score (nSPS) is 20.9. The number of aromatic nitrogens is 3. The van der Waals surface area contributed by atoms with Crippen molar-refractivity contribution in [2.24, 2.45) is 0 Å². The minimum Gasteiger partial charge on any atom is -0.495 e. The molecule has 1 aromatic carbocycles. The van der Waals surface area contributed by atoms with Crippen LogP contribution < -0.4 is 20.5 Å². The van der Waals surface area contributed by atoms with Crippen LogP contribution in [0, 0.1) is 0 Å². The number of ether oxygens (including phenoxy) is 3. The molecule has 1 unspecified atom stereocenters. The topological polar surface area (TPSA) is 90.7 Å². The molecule has 0 bridgehead atoms. The Kier molecular flexibility index (Phi) is 7.13. The summed E-state index contributed by atoms with van der Waals surface area (Å²) in [4.78, 5) is 19.7. The molecule has 0 amide bonds. The number of fused-ring (bicyclic) bond motifs is 1. The molecule has 3 aliphatic rings. The number of hydrogen-bond donors (Lipinski definition) is 1. The van der Waals surface area contributed by atoms with E-state index in [9.17, 15) is 18.0 Å². The summed E-state index contributed by atoms with van der Waals surface area (Å²) >= 11 is 0. The predicted octanol–water partition coefficient (Wildman–Crippen LogP) is 4.41. The van der Waals surface area contributed by atoms with E-state index in [4.69, 9.17) is 14.2 Å². The molecule has 2 saturated heterocycles.